The number of rotatable bonds is 5. The number of benzene rings is 1. The van der Waals surface area contributed by atoms with Crippen LogP contribution in [0.3, 0.4) is 0 Å². The van der Waals surface area contributed by atoms with E-state index in [-0.39, 0.29) is 6.10 Å². The summed E-state index contributed by atoms with van der Waals surface area (Å²) < 4.78 is 0. The molecule has 0 radical (unpaired) electrons. The van der Waals surface area contributed by atoms with Crippen molar-refractivity contribution >= 4 is 0 Å². The van der Waals surface area contributed by atoms with Gasteiger partial charge in [0.15, 0.2) is 0 Å². The van der Waals surface area contributed by atoms with Gasteiger partial charge in [-0.1, -0.05) is 57.5 Å². The van der Waals surface area contributed by atoms with Crippen LogP contribution >= 0.6 is 0 Å². The van der Waals surface area contributed by atoms with Gasteiger partial charge in [0.2, 0.25) is 0 Å². The number of hydrogen-bond donors (Lipinski definition) is 1. The molecule has 0 spiro atoms. The quantitative estimate of drug-likeness (QED) is 0.821. The second kappa shape index (κ2) is 6.38. The summed E-state index contributed by atoms with van der Waals surface area (Å²) in [5, 5.41) is 10.1. The molecule has 0 aromatic heterocycles. The van der Waals surface area contributed by atoms with Crippen LogP contribution in [0.25, 0.3) is 0 Å². The van der Waals surface area contributed by atoms with Crippen molar-refractivity contribution in [1.29, 1.82) is 0 Å². The maximum Gasteiger partial charge on any atom is 0.0583 e. The Balaban J connectivity index is 2.41. The van der Waals surface area contributed by atoms with E-state index in [4.69, 9.17) is 0 Å². The summed E-state index contributed by atoms with van der Waals surface area (Å²) in [5.41, 5.74) is 2.86. The lowest BCUT2D eigenvalue weighted by Gasteiger charge is -2.24. The van der Waals surface area contributed by atoms with Gasteiger partial charge in [-0.05, 0) is 43.1 Å². The Morgan fingerprint density at radius 2 is 1.67 bits per heavy atom. The summed E-state index contributed by atoms with van der Waals surface area (Å²) in [5.74, 6) is 0.574. The standard InChI is InChI=1S/C17H28O/c1-13-6-8-15(9-7-13)11-16(18)10-14(2)12-17(3,4)5/h6-9,14,16,18H,10-12H2,1-5H3. The van der Waals surface area contributed by atoms with Gasteiger partial charge in [-0.25, -0.2) is 0 Å². The Kier molecular flexibility index (Phi) is 5.40. The second-order valence-electron chi connectivity index (χ2n) is 6.95. The van der Waals surface area contributed by atoms with Gasteiger partial charge >= 0.3 is 0 Å². The van der Waals surface area contributed by atoms with Gasteiger partial charge < -0.3 is 5.11 Å². The smallest absolute Gasteiger partial charge is 0.0583 e. The van der Waals surface area contributed by atoms with Crippen molar-refractivity contribution in [2.45, 2.75) is 60.0 Å². The van der Waals surface area contributed by atoms with Crippen molar-refractivity contribution in [1.82, 2.24) is 0 Å². The molecule has 0 aliphatic heterocycles. The van der Waals surface area contributed by atoms with Crippen molar-refractivity contribution in [3.8, 4) is 0 Å². The number of hydrogen-bond acceptors (Lipinski definition) is 1. The molecule has 1 heteroatoms. The molecular weight excluding hydrogens is 220 g/mol. The third-order valence-corrected chi connectivity index (χ3v) is 3.23. The highest BCUT2D eigenvalue weighted by Gasteiger charge is 2.18. The van der Waals surface area contributed by atoms with Crippen LogP contribution in [0.4, 0.5) is 0 Å². The zero-order valence-corrected chi connectivity index (χ0v) is 12.5. The average Bonchev–Trinajstić information content (AvgIpc) is 2.18. The maximum absolute atomic E-state index is 10.1. The Morgan fingerprint density at radius 3 is 2.17 bits per heavy atom. The molecule has 0 saturated carbocycles. The van der Waals surface area contributed by atoms with Crippen LogP contribution in [0.15, 0.2) is 24.3 Å². The molecule has 0 fully saturated rings. The largest absolute Gasteiger partial charge is 0.393 e. The Bertz CT molecular complexity index is 345. The summed E-state index contributed by atoms with van der Waals surface area (Å²) in [6.07, 6.45) is 2.61. The minimum Gasteiger partial charge on any atom is -0.393 e. The Hall–Kier alpha value is -0.820. The van der Waals surface area contributed by atoms with E-state index in [1.807, 2.05) is 0 Å². The summed E-state index contributed by atoms with van der Waals surface area (Å²) in [7, 11) is 0. The third-order valence-electron chi connectivity index (χ3n) is 3.23. The van der Waals surface area contributed by atoms with E-state index in [0.717, 1.165) is 19.3 Å². The zero-order chi connectivity index (χ0) is 13.8. The molecule has 0 bridgehead atoms. The minimum atomic E-state index is -0.218. The first kappa shape index (κ1) is 15.2. The van der Waals surface area contributed by atoms with Gasteiger partial charge in [0.25, 0.3) is 0 Å². The van der Waals surface area contributed by atoms with E-state index < -0.39 is 0 Å². The molecule has 1 nitrogen and oxygen atoms in total. The molecule has 0 heterocycles. The first-order valence-electron chi connectivity index (χ1n) is 7.00. The van der Waals surface area contributed by atoms with Crippen LogP contribution in [-0.2, 0) is 6.42 Å². The van der Waals surface area contributed by atoms with Crippen LogP contribution in [0.1, 0.15) is 51.7 Å². The Labute approximate surface area is 112 Å². The fourth-order valence-corrected chi connectivity index (χ4v) is 2.67. The van der Waals surface area contributed by atoms with Crippen LogP contribution < -0.4 is 0 Å². The average molecular weight is 248 g/mol. The molecule has 18 heavy (non-hydrogen) atoms. The van der Waals surface area contributed by atoms with E-state index in [9.17, 15) is 5.11 Å². The second-order valence-corrected chi connectivity index (χ2v) is 6.95. The molecule has 1 N–H and O–H groups in total. The molecule has 1 aromatic carbocycles. The molecule has 0 aliphatic carbocycles. The van der Waals surface area contributed by atoms with Crippen molar-refractivity contribution in [2.24, 2.45) is 11.3 Å². The number of aliphatic hydroxyl groups is 1. The number of aryl methyl sites for hydroxylation is 1. The summed E-state index contributed by atoms with van der Waals surface area (Å²) in [6, 6.07) is 8.46. The van der Waals surface area contributed by atoms with Crippen LogP contribution in [-0.4, -0.2) is 11.2 Å². The molecule has 1 aromatic rings. The highest BCUT2D eigenvalue weighted by atomic mass is 16.3. The highest BCUT2D eigenvalue weighted by molar-refractivity contribution is 5.21. The third kappa shape index (κ3) is 6.20. The van der Waals surface area contributed by atoms with E-state index in [1.165, 1.54) is 11.1 Å². The summed E-state index contributed by atoms with van der Waals surface area (Å²) >= 11 is 0. The van der Waals surface area contributed by atoms with Crippen molar-refractivity contribution in [3.05, 3.63) is 35.4 Å². The predicted octanol–water partition coefficient (Wildman–Crippen LogP) is 4.36. The molecule has 102 valence electrons. The van der Waals surface area contributed by atoms with E-state index in [1.54, 1.807) is 0 Å². The fraction of sp³-hybridized carbons (Fsp3) is 0.647. The van der Waals surface area contributed by atoms with Crippen molar-refractivity contribution in [2.75, 3.05) is 0 Å². The van der Waals surface area contributed by atoms with Crippen molar-refractivity contribution in [3.63, 3.8) is 0 Å². The molecule has 0 aliphatic rings. The first-order chi connectivity index (χ1) is 8.26. The molecule has 2 atom stereocenters. The van der Waals surface area contributed by atoms with Gasteiger partial charge in [0.1, 0.15) is 0 Å². The minimum absolute atomic E-state index is 0.218. The lowest BCUT2D eigenvalue weighted by Crippen LogP contribution is -2.18. The molecule has 0 amide bonds. The number of aliphatic hydroxyl groups excluding tert-OH is 1. The van der Waals surface area contributed by atoms with Crippen molar-refractivity contribution < 1.29 is 5.11 Å². The lowest BCUT2D eigenvalue weighted by atomic mass is 9.82. The highest BCUT2D eigenvalue weighted by Crippen LogP contribution is 2.27. The zero-order valence-electron chi connectivity index (χ0n) is 12.5. The Morgan fingerprint density at radius 1 is 1.11 bits per heavy atom. The lowest BCUT2D eigenvalue weighted by molar-refractivity contribution is 0.133. The summed E-state index contributed by atoms with van der Waals surface area (Å²) in [4.78, 5) is 0. The van der Waals surface area contributed by atoms with Gasteiger partial charge in [0, 0.05) is 0 Å². The van der Waals surface area contributed by atoms with Crippen LogP contribution in [0.2, 0.25) is 0 Å². The van der Waals surface area contributed by atoms with Gasteiger partial charge in [-0.15, -0.1) is 0 Å². The van der Waals surface area contributed by atoms with E-state index >= 15 is 0 Å². The van der Waals surface area contributed by atoms with Crippen LogP contribution in [0, 0.1) is 18.3 Å². The van der Waals surface area contributed by atoms with E-state index in [0.29, 0.717) is 11.3 Å². The topological polar surface area (TPSA) is 20.2 Å². The monoisotopic (exact) mass is 248 g/mol. The van der Waals surface area contributed by atoms with Gasteiger partial charge in [0.05, 0.1) is 6.10 Å². The molecule has 0 saturated heterocycles. The van der Waals surface area contributed by atoms with Crippen LogP contribution in [0.5, 0.6) is 0 Å². The van der Waals surface area contributed by atoms with E-state index in [2.05, 4.69) is 58.9 Å². The fourth-order valence-electron chi connectivity index (χ4n) is 2.67. The first-order valence-corrected chi connectivity index (χ1v) is 7.00. The maximum atomic E-state index is 10.1. The van der Waals surface area contributed by atoms with Gasteiger partial charge in [-0.2, -0.15) is 0 Å². The SMILES string of the molecule is Cc1ccc(CC(O)CC(C)CC(C)(C)C)cc1. The summed E-state index contributed by atoms with van der Waals surface area (Å²) in [6.45, 7) is 11.1. The van der Waals surface area contributed by atoms with Gasteiger partial charge in [-0.3, -0.25) is 0 Å². The molecule has 1 rings (SSSR count). The normalized spacial score (nSPS) is 15.4. The molecular formula is C17H28O. The molecule has 2 unspecified atom stereocenters. The predicted molar refractivity (Wildman–Crippen MR) is 78.7 cm³/mol.